The van der Waals surface area contributed by atoms with Crippen molar-refractivity contribution in [2.45, 2.75) is 76.3 Å². The number of carbonyl (C=O) groups is 2. The fraction of sp³-hybridized carbons (Fsp3) is 0.875. The average Bonchev–Trinajstić information content (AvgIpc) is 2.52. The predicted octanol–water partition coefficient (Wildman–Crippen LogP) is 0.773. The van der Waals surface area contributed by atoms with E-state index in [0.717, 1.165) is 19.3 Å². The van der Waals surface area contributed by atoms with Crippen molar-refractivity contribution in [3.8, 4) is 0 Å². The van der Waals surface area contributed by atoms with Gasteiger partial charge < -0.3 is 22.5 Å². The second kappa shape index (κ2) is 10.6. The lowest BCUT2D eigenvalue weighted by atomic mass is 9.85. The molecule has 1 fully saturated rings. The molecular weight excluding hydrogens is 280 g/mol. The van der Waals surface area contributed by atoms with Crippen molar-refractivity contribution in [2.75, 3.05) is 6.54 Å². The van der Waals surface area contributed by atoms with E-state index in [1.165, 1.54) is 32.1 Å². The molecule has 1 rings (SSSR count). The monoisotopic (exact) mass is 312 g/mol. The van der Waals surface area contributed by atoms with E-state index in [1.54, 1.807) is 0 Å². The van der Waals surface area contributed by atoms with Crippen LogP contribution < -0.4 is 22.5 Å². The summed E-state index contributed by atoms with van der Waals surface area (Å²) in [6.07, 6.45) is 10.1. The van der Waals surface area contributed by atoms with Crippen molar-refractivity contribution in [3.63, 3.8) is 0 Å². The van der Waals surface area contributed by atoms with E-state index in [2.05, 4.69) is 5.32 Å². The van der Waals surface area contributed by atoms with Crippen LogP contribution in [0, 0.1) is 5.92 Å². The van der Waals surface area contributed by atoms with E-state index in [0.29, 0.717) is 25.3 Å². The van der Waals surface area contributed by atoms with E-state index in [4.69, 9.17) is 17.2 Å². The smallest absolute Gasteiger partial charge is 0.240 e. The third kappa shape index (κ3) is 7.22. The van der Waals surface area contributed by atoms with Gasteiger partial charge in [-0.3, -0.25) is 9.59 Å². The first-order valence-electron chi connectivity index (χ1n) is 8.60. The van der Waals surface area contributed by atoms with Gasteiger partial charge in [-0.15, -0.1) is 0 Å². The molecule has 1 aliphatic rings. The zero-order valence-corrected chi connectivity index (χ0v) is 13.6. The van der Waals surface area contributed by atoms with E-state index in [-0.39, 0.29) is 5.91 Å². The Balaban J connectivity index is 2.35. The van der Waals surface area contributed by atoms with Crippen molar-refractivity contribution in [1.82, 2.24) is 5.32 Å². The summed E-state index contributed by atoms with van der Waals surface area (Å²) < 4.78 is 0. The van der Waals surface area contributed by atoms with Crippen LogP contribution in [0.3, 0.4) is 0 Å². The normalized spacial score (nSPS) is 18.6. The van der Waals surface area contributed by atoms with Crippen LogP contribution in [0.2, 0.25) is 0 Å². The summed E-state index contributed by atoms with van der Waals surface area (Å²) in [4.78, 5) is 23.6. The lowest BCUT2D eigenvalue weighted by Crippen LogP contribution is -2.50. The SMILES string of the molecule is NCCCC[C@H](N)C(=O)N[C@@H](CCC1CCCCC1)C(N)=O. The summed E-state index contributed by atoms with van der Waals surface area (Å²) in [7, 11) is 0. The minimum absolute atomic E-state index is 0.288. The first kappa shape index (κ1) is 18.9. The van der Waals surface area contributed by atoms with Gasteiger partial charge in [0.05, 0.1) is 6.04 Å². The average molecular weight is 312 g/mol. The fourth-order valence-corrected chi connectivity index (χ4v) is 3.08. The molecule has 0 aromatic rings. The standard InChI is InChI=1S/C16H32N4O2/c17-11-5-4-8-13(18)16(22)20-14(15(19)21)10-9-12-6-2-1-3-7-12/h12-14H,1-11,17-18H2,(H2,19,21)(H,20,22)/t13-,14-/m0/s1. The molecule has 0 spiro atoms. The van der Waals surface area contributed by atoms with Gasteiger partial charge in [0.2, 0.25) is 11.8 Å². The second-order valence-corrected chi connectivity index (χ2v) is 6.44. The molecular formula is C16H32N4O2. The molecule has 0 bridgehead atoms. The van der Waals surface area contributed by atoms with Crippen LogP contribution in [-0.4, -0.2) is 30.4 Å². The number of unbranched alkanes of at least 4 members (excludes halogenated alkanes) is 1. The maximum atomic E-state index is 12.0. The summed E-state index contributed by atoms with van der Waals surface area (Å²) in [6, 6.07) is -1.20. The minimum Gasteiger partial charge on any atom is -0.368 e. The molecule has 22 heavy (non-hydrogen) atoms. The Bertz CT molecular complexity index is 343. The molecule has 0 unspecified atom stereocenters. The van der Waals surface area contributed by atoms with Gasteiger partial charge in [-0.05, 0) is 38.1 Å². The summed E-state index contributed by atoms with van der Waals surface area (Å²) in [6.45, 7) is 0.597. The molecule has 0 aromatic carbocycles. The molecule has 2 amide bonds. The third-order valence-electron chi connectivity index (χ3n) is 4.55. The fourth-order valence-electron chi connectivity index (χ4n) is 3.08. The number of hydrogen-bond donors (Lipinski definition) is 4. The summed E-state index contributed by atoms with van der Waals surface area (Å²) in [5, 5.41) is 2.71. The van der Waals surface area contributed by atoms with Crippen LogP contribution in [0.15, 0.2) is 0 Å². The van der Waals surface area contributed by atoms with E-state index >= 15 is 0 Å². The van der Waals surface area contributed by atoms with Crippen molar-refractivity contribution >= 4 is 11.8 Å². The Morgan fingerprint density at radius 3 is 2.36 bits per heavy atom. The maximum Gasteiger partial charge on any atom is 0.240 e. The van der Waals surface area contributed by atoms with Crippen molar-refractivity contribution in [1.29, 1.82) is 0 Å². The van der Waals surface area contributed by atoms with Gasteiger partial charge in [-0.2, -0.15) is 0 Å². The molecule has 6 nitrogen and oxygen atoms in total. The Kier molecular flexibility index (Phi) is 9.08. The van der Waals surface area contributed by atoms with Gasteiger partial charge in [-0.1, -0.05) is 38.5 Å². The number of rotatable bonds is 10. The van der Waals surface area contributed by atoms with E-state index in [1.807, 2.05) is 0 Å². The molecule has 128 valence electrons. The molecule has 0 aromatic heterocycles. The second-order valence-electron chi connectivity index (χ2n) is 6.44. The van der Waals surface area contributed by atoms with Gasteiger partial charge in [0.1, 0.15) is 6.04 Å². The first-order valence-corrected chi connectivity index (χ1v) is 8.60. The van der Waals surface area contributed by atoms with Crippen LogP contribution in [0.5, 0.6) is 0 Å². The molecule has 2 atom stereocenters. The van der Waals surface area contributed by atoms with Gasteiger partial charge in [0.25, 0.3) is 0 Å². The Hall–Kier alpha value is -1.14. The highest BCUT2D eigenvalue weighted by molar-refractivity contribution is 5.88. The zero-order valence-electron chi connectivity index (χ0n) is 13.6. The highest BCUT2D eigenvalue weighted by Gasteiger charge is 2.23. The molecule has 0 saturated heterocycles. The molecule has 0 aliphatic heterocycles. The lowest BCUT2D eigenvalue weighted by Gasteiger charge is -2.24. The van der Waals surface area contributed by atoms with Crippen molar-refractivity contribution in [3.05, 3.63) is 0 Å². The quantitative estimate of drug-likeness (QED) is 0.445. The highest BCUT2D eigenvalue weighted by Crippen LogP contribution is 2.27. The van der Waals surface area contributed by atoms with E-state index < -0.39 is 18.0 Å². The maximum absolute atomic E-state index is 12.0. The molecule has 7 N–H and O–H groups in total. The topological polar surface area (TPSA) is 124 Å². The van der Waals surface area contributed by atoms with Crippen LogP contribution in [0.1, 0.15) is 64.2 Å². The van der Waals surface area contributed by atoms with Gasteiger partial charge in [0, 0.05) is 0 Å². The van der Waals surface area contributed by atoms with Crippen LogP contribution in [0.25, 0.3) is 0 Å². The Morgan fingerprint density at radius 1 is 1.09 bits per heavy atom. The summed E-state index contributed by atoms with van der Waals surface area (Å²) >= 11 is 0. The largest absolute Gasteiger partial charge is 0.368 e. The third-order valence-corrected chi connectivity index (χ3v) is 4.55. The molecule has 1 saturated carbocycles. The lowest BCUT2D eigenvalue weighted by molar-refractivity contribution is -0.128. The van der Waals surface area contributed by atoms with Crippen LogP contribution in [-0.2, 0) is 9.59 Å². The minimum atomic E-state index is -0.602. The number of nitrogens with one attached hydrogen (secondary N) is 1. The van der Waals surface area contributed by atoms with Gasteiger partial charge in [-0.25, -0.2) is 0 Å². The number of amides is 2. The van der Waals surface area contributed by atoms with Crippen molar-refractivity contribution in [2.24, 2.45) is 23.1 Å². The molecule has 0 radical (unpaired) electrons. The Morgan fingerprint density at radius 2 is 1.77 bits per heavy atom. The number of hydrogen-bond acceptors (Lipinski definition) is 4. The predicted molar refractivity (Wildman–Crippen MR) is 87.8 cm³/mol. The molecule has 0 heterocycles. The number of carbonyl (C=O) groups excluding carboxylic acids is 2. The van der Waals surface area contributed by atoms with Crippen LogP contribution >= 0.6 is 0 Å². The first-order chi connectivity index (χ1) is 10.5. The van der Waals surface area contributed by atoms with Crippen molar-refractivity contribution < 1.29 is 9.59 Å². The number of nitrogens with two attached hydrogens (primary N) is 3. The van der Waals surface area contributed by atoms with Gasteiger partial charge in [0.15, 0.2) is 0 Å². The molecule has 1 aliphatic carbocycles. The van der Waals surface area contributed by atoms with Gasteiger partial charge >= 0.3 is 0 Å². The summed E-state index contributed by atoms with van der Waals surface area (Å²) in [5.41, 5.74) is 16.7. The zero-order chi connectivity index (χ0) is 16.4. The number of primary amides is 1. The van der Waals surface area contributed by atoms with Crippen LogP contribution in [0.4, 0.5) is 0 Å². The summed E-state index contributed by atoms with van der Waals surface area (Å²) in [5.74, 6) is -0.103. The highest BCUT2D eigenvalue weighted by atomic mass is 16.2. The van der Waals surface area contributed by atoms with E-state index in [9.17, 15) is 9.59 Å². The molecule has 6 heteroatoms. The Labute approximate surface area is 133 Å².